The first-order valence-corrected chi connectivity index (χ1v) is 12.6. The highest BCUT2D eigenvalue weighted by atomic mass is 35.5. The fraction of sp³-hybridized carbons (Fsp3) is 0.522. The molecule has 0 saturated carbocycles. The van der Waals surface area contributed by atoms with Gasteiger partial charge in [-0.25, -0.2) is 4.79 Å². The number of likely N-dealkylation sites (tertiary alicyclic amines) is 1. The van der Waals surface area contributed by atoms with Crippen LogP contribution < -0.4 is 5.32 Å². The van der Waals surface area contributed by atoms with Crippen molar-refractivity contribution in [3.8, 4) is 0 Å². The normalized spacial score (nSPS) is 16.6. The van der Waals surface area contributed by atoms with Gasteiger partial charge in [-0.1, -0.05) is 49.5 Å². The molecule has 2 atom stereocenters. The van der Waals surface area contributed by atoms with Gasteiger partial charge in [-0.3, -0.25) is 9.59 Å². The summed E-state index contributed by atoms with van der Waals surface area (Å²) in [5, 5.41) is 3.73. The van der Waals surface area contributed by atoms with Crippen molar-refractivity contribution in [2.45, 2.75) is 44.0 Å². The predicted molar refractivity (Wildman–Crippen MR) is 130 cm³/mol. The molecule has 1 fully saturated rings. The van der Waals surface area contributed by atoms with E-state index in [4.69, 9.17) is 27.9 Å². The zero-order valence-corrected chi connectivity index (χ0v) is 21.1. The number of hydrogen-bond donors (Lipinski definition) is 1. The number of thioether (sulfide) groups is 1. The molecule has 9 heteroatoms. The van der Waals surface area contributed by atoms with Crippen LogP contribution in [0.2, 0.25) is 10.0 Å². The van der Waals surface area contributed by atoms with Gasteiger partial charge in [-0.2, -0.15) is 0 Å². The second-order valence-electron chi connectivity index (χ2n) is 7.81. The fourth-order valence-electron chi connectivity index (χ4n) is 3.53. The minimum Gasteiger partial charge on any atom is -0.467 e. The summed E-state index contributed by atoms with van der Waals surface area (Å²) in [6.45, 7) is 4.80. The maximum Gasteiger partial charge on any atom is 0.328 e. The van der Waals surface area contributed by atoms with Crippen molar-refractivity contribution >= 4 is 58.8 Å². The van der Waals surface area contributed by atoms with Crippen LogP contribution in [0, 0.1) is 11.8 Å². The largest absolute Gasteiger partial charge is 0.467 e. The highest BCUT2D eigenvalue weighted by molar-refractivity contribution is 7.98. The Labute approximate surface area is 204 Å². The molecule has 0 aliphatic carbocycles. The van der Waals surface area contributed by atoms with Gasteiger partial charge in [0.15, 0.2) is 0 Å². The minimum absolute atomic E-state index is 0.0245. The minimum atomic E-state index is -0.658. The monoisotopic (exact) mass is 500 g/mol. The van der Waals surface area contributed by atoms with Crippen molar-refractivity contribution in [1.29, 1.82) is 0 Å². The Bertz CT molecular complexity index is 870. The Morgan fingerprint density at radius 3 is 2.47 bits per heavy atom. The van der Waals surface area contributed by atoms with Crippen LogP contribution in [0.1, 0.15) is 38.7 Å². The lowest BCUT2D eigenvalue weighted by atomic mass is 9.93. The SMILES string of the molecule is CCC(C)C(NC(=O)C1CCN(C(=O)/C=C/c2ccc(SC)c(Cl)c2Cl)CC1)C(=O)OC. The molecule has 32 heavy (non-hydrogen) atoms. The van der Waals surface area contributed by atoms with E-state index in [1.807, 2.05) is 32.2 Å². The predicted octanol–water partition coefficient (Wildman–Crippen LogP) is 4.67. The highest BCUT2D eigenvalue weighted by Gasteiger charge is 2.32. The van der Waals surface area contributed by atoms with Crippen molar-refractivity contribution in [3.05, 3.63) is 33.8 Å². The van der Waals surface area contributed by atoms with Gasteiger partial charge in [0.25, 0.3) is 0 Å². The molecule has 1 aliphatic rings. The average molecular weight is 501 g/mol. The van der Waals surface area contributed by atoms with Gasteiger partial charge in [0.05, 0.1) is 17.2 Å². The molecule has 0 radical (unpaired) electrons. The second kappa shape index (κ2) is 12.5. The van der Waals surface area contributed by atoms with E-state index in [1.54, 1.807) is 11.0 Å². The summed E-state index contributed by atoms with van der Waals surface area (Å²) in [7, 11) is 1.32. The quantitative estimate of drug-likeness (QED) is 0.318. The number of piperidine rings is 1. The maximum absolute atomic E-state index is 12.7. The summed E-state index contributed by atoms with van der Waals surface area (Å²) in [5.74, 6) is -1.01. The van der Waals surface area contributed by atoms with E-state index >= 15 is 0 Å². The number of amides is 2. The lowest BCUT2D eigenvalue weighted by molar-refractivity contribution is -0.147. The lowest BCUT2D eigenvalue weighted by Gasteiger charge is -2.32. The van der Waals surface area contributed by atoms with Crippen LogP contribution in [0.4, 0.5) is 0 Å². The molecule has 0 spiro atoms. The third-order valence-electron chi connectivity index (χ3n) is 5.85. The molecule has 6 nitrogen and oxygen atoms in total. The zero-order chi connectivity index (χ0) is 23.8. The summed E-state index contributed by atoms with van der Waals surface area (Å²) >= 11 is 14.1. The molecule has 1 N–H and O–H groups in total. The average Bonchev–Trinajstić information content (AvgIpc) is 2.82. The van der Waals surface area contributed by atoms with Gasteiger partial charge in [-0.05, 0) is 42.7 Å². The Morgan fingerprint density at radius 1 is 1.25 bits per heavy atom. The Morgan fingerprint density at radius 2 is 1.91 bits per heavy atom. The number of benzene rings is 1. The van der Waals surface area contributed by atoms with Gasteiger partial charge in [0.1, 0.15) is 6.04 Å². The van der Waals surface area contributed by atoms with E-state index in [0.717, 1.165) is 11.3 Å². The van der Waals surface area contributed by atoms with E-state index in [0.29, 0.717) is 41.5 Å². The van der Waals surface area contributed by atoms with Crippen molar-refractivity contribution in [2.24, 2.45) is 11.8 Å². The fourth-order valence-corrected chi connectivity index (χ4v) is 4.70. The van der Waals surface area contributed by atoms with Gasteiger partial charge in [0.2, 0.25) is 11.8 Å². The topological polar surface area (TPSA) is 75.7 Å². The van der Waals surface area contributed by atoms with E-state index < -0.39 is 12.0 Å². The molecule has 0 aromatic heterocycles. The lowest BCUT2D eigenvalue weighted by Crippen LogP contribution is -2.50. The number of ether oxygens (including phenoxy) is 1. The maximum atomic E-state index is 12.7. The summed E-state index contributed by atoms with van der Waals surface area (Å²) in [6.07, 6.45) is 6.87. The number of methoxy groups -OCH3 is 1. The Kier molecular flexibility index (Phi) is 10.4. The number of carbonyl (C=O) groups excluding carboxylic acids is 3. The van der Waals surface area contributed by atoms with Crippen LogP contribution in [-0.2, 0) is 19.1 Å². The molecule has 1 aliphatic heterocycles. The molecule has 0 bridgehead atoms. The number of nitrogens with one attached hydrogen (secondary N) is 1. The van der Waals surface area contributed by atoms with Crippen molar-refractivity contribution in [2.75, 3.05) is 26.5 Å². The van der Waals surface area contributed by atoms with E-state index in [-0.39, 0.29) is 23.7 Å². The summed E-state index contributed by atoms with van der Waals surface area (Å²) < 4.78 is 4.83. The molecular weight excluding hydrogens is 471 g/mol. The third kappa shape index (κ3) is 6.65. The molecule has 2 rings (SSSR count). The first kappa shape index (κ1) is 26.6. The molecule has 1 aromatic rings. The van der Waals surface area contributed by atoms with Crippen LogP contribution in [0.15, 0.2) is 23.1 Å². The third-order valence-corrected chi connectivity index (χ3v) is 7.63. The van der Waals surface area contributed by atoms with E-state index in [2.05, 4.69) is 5.32 Å². The number of esters is 1. The van der Waals surface area contributed by atoms with Gasteiger partial charge < -0.3 is 15.0 Å². The summed E-state index contributed by atoms with van der Waals surface area (Å²) in [5.41, 5.74) is 0.677. The molecule has 1 heterocycles. The Hall–Kier alpha value is -1.70. The molecule has 176 valence electrons. The number of hydrogen-bond acceptors (Lipinski definition) is 5. The first-order chi connectivity index (χ1) is 15.2. The van der Waals surface area contributed by atoms with Crippen LogP contribution in [0.5, 0.6) is 0 Å². The van der Waals surface area contributed by atoms with E-state index in [1.165, 1.54) is 24.9 Å². The molecule has 1 saturated heterocycles. The smallest absolute Gasteiger partial charge is 0.328 e. The number of rotatable bonds is 8. The molecular formula is C23H30Cl2N2O4S. The van der Waals surface area contributed by atoms with Gasteiger partial charge in [-0.15, -0.1) is 11.8 Å². The molecule has 1 aromatic carbocycles. The van der Waals surface area contributed by atoms with Crippen molar-refractivity contribution in [3.63, 3.8) is 0 Å². The van der Waals surface area contributed by atoms with Crippen molar-refractivity contribution in [1.82, 2.24) is 10.2 Å². The molecule has 2 unspecified atom stereocenters. The number of halogens is 2. The summed E-state index contributed by atoms with van der Waals surface area (Å²) in [6, 6.07) is 3.04. The molecule has 2 amide bonds. The van der Waals surface area contributed by atoms with Crippen molar-refractivity contribution < 1.29 is 19.1 Å². The number of nitrogens with zero attached hydrogens (tertiary/aromatic N) is 1. The van der Waals surface area contributed by atoms with Crippen LogP contribution in [0.25, 0.3) is 6.08 Å². The zero-order valence-electron chi connectivity index (χ0n) is 18.8. The van der Waals surface area contributed by atoms with Crippen LogP contribution in [0.3, 0.4) is 0 Å². The van der Waals surface area contributed by atoms with Crippen LogP contribution in [-0.4, -0.2) is 55.2 Å². The standard InChI is InChI=1S/C23H30Cl2N2O4S/c1-5-14(2)21(23(30)31-3)26-22(29)16-10-12-27(13-11-16)18(28)9-7-15-6-8-17(32-4)20(25)19(15)24/h6-9,14,16,21H,5,10-13H2,1-4H3,(H,26,29)/b9-7+. The van der Waals surface area contributed by atoms with E-state index in [9.17, 15) is 14.4 Å². The highest BCUT2D eigenvalue weighted by Crippen LogP contribution is 2.35. The summed E-state index contributed by atoms with van der Waals surface area (Å²) in [4.78, 5) is 39.9. The first-order valence-electron chi connectivity index (χ1n) is 10.6. The Balaban J connectivity index is 1.93. The van der Waals surface area contributed by atoms with Gasteiger partial charge >= 0.3 is 5.97 Å². The van der Waals surface area contributed by atoms with Crippen LogP contribution >= 0.6 is 35.0 Å². The second-order valence-corrected chi connectivity index (χ2v) is 9.42. The number of carbonyl (C=O) groups is 3. The van der Waals surface area contributed by atoms with Gasteiger partial charge in [0, 0.05) is 30.0 Å².